The van der Waals surface area contributed by atoms with Gasteiger partial charge in [-0.2, -0.15) is 0 Å². The van der Waals surface area contributed by atoms with Gasteiger partial charge in [-0.1, -0.05) is 15.9 Å². The minimum Gasteiger partial charge on any atom is -0.346 e. The molecule has 0 amide bonds. The molecule has 1 aromatic heterocycles. The number of likely N-dealkylation sites (N-methyl/N-ethyl adjacent to an activating group) is 1. The number of hydrogen-bond acceptors (Lipinski definition) is 1. The molecule has 2 aromatic rings. The van der Waals surface area contributed by atoms with Crippen LogP contribution in [0.4, 0.5) is 0 Å². The molecule has 0 aliphatic carbocycles. The standard InChI is InChI=1S/C13H15BrN2/c1-15-6-5-10-11-7-9(14)3-4-12(11)16(2)13(10)8-15/h3-4,7H,5-6,8H2,1-2H3. The minimum atomic E-state index is 1.07. The van der Waals surface area contributed by atoms with E-state index < -0.39 is 0 Å². The van der Waals surface area contributed by atoms with E-state index in [1.165, 1.54) is 39.6 Å². The highest BCUT2D eigenvalue weighted by Gasteiger charge is 2.20. The van der Waals surface area contributed by atoms with Crippen molar-refractivity contribution in [3.05, 3.63) is 33.9 Å². The summed E-state index contributed by atoms with van der Waals surface area (Å²) in [4.78, 5) is 2.39. The van der Waals surface area contributed by atoms with Crippen molar-refractivity contribution in [2.75, 3.05) is 13.6 Å². The average molecular weight is 279 g/mol. The third kappa shape index (κ3) is 1.42. The second kappa shape index (κ2) is 3.60. The van der Waals surface area contributed by atoms with Crippen molar-refractivity contribution in [2.45, 2.75) is 13.0 Å². The Balaban J connectivity index is 2.32. The number of fused-ring (bicyclic) bond motifs is 3. The smallest absolute Gasteiger partial charge is 0.0483 e. The van der Waals surface area contributed by atoms with Crippen LogP contribution >= 0.6 is 15.9 Å². The molecular formula is C13H15BrN2. The van der Waals surface area contributed by atoms with Gasteiger partial charge in [0, 0.05) is 41.2 Å². The number of benzene rings is 1. The number of rotatable bonds is 0. The van der Waals surface area contributed by atoms with Gasteiger partial charge in [0.05, 0.1) is 0 Å². The van der Waals surface area contributed by atoms with Crippen molar-refractivity contribution in [1.82, 2.24) is 9.47 Å². The molecule has 0 fully saturated rings. The van der Waals surface area contributed by atoms with Crippen LogP contribution in [0.25, 0.3) is 10.9 Å². The first-order valence-corrected chi connectivity index (χ1v) is 6.40. The largest absolute Gasteiger partial charge is 0.346 e. The van der Waals surface area contributed by atoms with Crippen LogP contribution in [-0.4, -0.2) is 23.1 Å². The lowest BCUT2D eigenvalue weighted by Crippen LogP contribution is -2.27. The Kier molecular flexibility index (Phi) is 2.33. The highest BCUT2D eigenvalue weighted by molar-refractivity contribution is 9.10. The Morgan fingerprint density at radius 3 is 2.88 bits per heavy atom. The fourth-order valence-electron chi connectivity index (χ4n) is 2.66. The number of aryl methyl sites for hydroxylation is 1. The van der Waals surface area contributed by atoms with Crippen LogP contribution in [0.2, 0.25) is 0 Å². The van der Waals surface area contributed by atoms with Gasteiger partial charge in [0.2, 0.25) is 0 Å². The molecule has 16 heavy (non-hydrogen) atoms. The first-order chi connectivity index (χ1) is 7.66. The Bertz CT molecular complexity index is 557. The lowest BCUT2D eigenvalue weighted by atomic mass is 10.0. The molecule has 0 saturated heterocycles. The summed E-state index contributed by atoms with van der Waals surface area (Å²) >= 11 is 3.56. The Hall–Kier alpha value is -0.800. The van der Waals surface area contributed by atoms with Gasteiger partial charge in [0.25, 0.3) is 0 Å². The molecule has 3 heteroatoms. The molecule has 0 atom stereocenters. The zero-order valence-corrected chi connectivity index (χ0v) is 11.2. The third-order valence-corrected chi connectivity index (χ3v) is 4.05. The molecule has 0 N–H and O–H groups in total. The predicted octanol–water partition coefficient (Wildman–Crippen LogP) is 2.93. The van der Waals surface area contributed by atoms with E-state index in [-0.39, 0.29) is 0 Å². The van der Waals surface area contributed by atoms with Gasteiger partial charge in [0.15, 0.2) is 0 Å². The van der Waals surface area contributed by atoms with Crippen LogP contribution in [0.1, 0.15) is 11.3 Å². The summed E-state index contributed by atoms with van der Waals surface area (Å²) < 4.78 is 3.51. The van der Waals surface area contributed by atoms with Crippen molar-refractivity contribution in [2.24, 2.45) is 7.05 Å². The molecule has 1 aliphatic heterocycles. The third-order valence-electron chi connectivity index (χ3n) is 3.56. The maximum absolute atomic E-state index is 3.56. The number of halogens is 1. The van der Waals surface area contributed by atoms with Gasteiger partial charge in [-0.25, -0.2) is 0 Å². The molecule has 0 unspecified atom stereocenters. The molecule has 84 valence electrons. The summed E-state index contributed by atoms with van der Waals surface area (Å²) in [7, 11) is 4.37. The summed E-state index contributed by atoms with van der Waals surface area (Å²) in [6, 6.07) is 6.58. The summed E-state index contributed by atoms with van der Waals surface area (Å²) in [5.74, 6) is 0. The van der Waals surface area contributed by atoms with Crippen molar-refractivity contribution in [1.29, 1.82) is 0 Å². The Morgan fingerprint density at radius 2 is 2.06 bits per heavy atom. The van der Waals surface area contributed by atoms with Gasteiger partial charge in [-0.15, -0.1) is 0 Å². The molecule has 0 spiro atoms. The maximum Gasteiger partial charge on any atom is 0.0483 e. The monoisotopic (exact) mass is 278 g/mol. The van der Waals surface area contributed by atoms with Gasteiger partial charge in [-0.3, -0.25) is 0 Å². The molecule has 0 bridgehead atoms. The predicted molar refractivity (Wildman–Crippen MR) is 70.7 cm³/mol. The fraction of sp³-hybridized carbons (Fsp3) is 0.385. The van der Waals surface area contributed by atoms with E-state index in [1.807, 2.05) is 0 Å². The van der Waals surface area contributed by atoms with E-state index >= 15 is 0 Å². The van der Waals surface area contributed by atoms with Crippen LogP contribution in [0.5, 0.6) is 0 Å². The SMILES string of the molecule is CN1CCc2c(n(C)c3ccc(Br)cc23)C1. The van der Waals surface area contributed by atoms with Crippen LogP contribution in [0.15, 0.2) is 22.7 Å². The summed E-state index contributed by atoms with van der Waals surface area (Å²) in [6.07, 6.45) is 1.17. The molecule has 1 aliphatic rings. The van der Waals surface area contributed by atoms with Crippen molar-refractivity contribution < 1.29 is 0 Å². The Labute approximate surface area is 104 Å². The van der Waals surface area contributed by atoms with E-state index in [0.717, 1.165) is 6.54 Å². The van der Waals surface area contributed by atoms with Crippen molar-refractivity contribution >= 4 is 26.8 Å². The van der Waals surface area contributed by atoms with Gasteiger partial charge < -0.3 is 9.47 Å². The summed E-state index contributed by atoms with van der Waals surface area (Å²) in [6.45, 7) is 2.23. The van der Waals surface area contributed by atoms with Crippen LogP contribution in [0.3, 0.4) is 0 Å². The quantitative estimate of drug-likeness (QED) is 0.720. The molecule has 2 heterocycles. The first kappa shape index (κ1) is 10.4. The Morgan fingerprint density at radius 1 is 1.25 bits per heavy atom. The lowest BCUT2D eigenvalue weighted by molar-refractivity contribution is 0.305. The molecule has 0 radical (unpaired) electrons. The van der Waals surface area contributed by atoms with Gasteiger partial charge in [-0.05, 0) is 37.2 Å². The lowest BCUT2D eigenvalue weighted by Gasteiger charge is -2.23. The van der Waals surface area contributed by atoms with E-state index in [2.05, 4.69) is 57.7 Å². The molecular weight excluding hydrogens is 264 g/mol. The minimum absolute atomic E-state index is 1.07. The van der Waals surface area contributed by atoms with Crippen LogP contribution < -0.4 is 0 Å². The highest BCUT2D eigenvalue weighted by atomic mass is 79.9. The normalized spacial score (nSPS) is 16.7. The molecule has 1 aromatic carbocycles. The topological polar surface area (TPSA) is 8.17 Å². The highest BCUT2D eigenvalue weighted by Crippen LogP contribution is 2.31. The summed E-state index contributed by atoms with van der Waals surface area (Å²) in [5, 5.41) is 1.42. The second-order valence-corrected chi connectivity index (χ2v) is 5.55. The fourth-order valence-corrected chi connectivity index (χ4v) is 3.02. The van der Waals surface area contributed by atoms with Crippen LogP contribution in [-0.2, 0) is 20.0 Å². The van der Waals surface area contributed by atoms with Crippen LogP contribution in [0, 0.1) is 0 Å². The maximum atomic E-state index is 3.56. The van der Waals surface area contributed by atoms with Gasteiger partial charge >= 0.3 is 0 Å². The zero-order chi connectivity index (χ0) is 11.3. The molecule has 0 saturated carbocycles. The zero-order valence-electron chi connectivity index (χ0n) is 9.63. The second-order valence-electron chi connectivity index (χ2n) is 4.63. The molecule has 3 rings (SSSR count). The van der Waals surface area contributed by atoms with E-state index in [9.17, 15) is 0 Å². The van der Waals surface area contributed by atoms with Crippen molar-refractivity contribution in [3.63, 3.8) is 0 Å². The van der Waals surface area contributed by atoms with Crippen molar-refractivity contribution in [3.8, 4) is 0 Å². The first-order valence-electron chi connectivity index (χ1n) is 5.61. The average Bonchev–Trinajstić information content (AvgIpc) is 2.52. The van der Waals surface area contributed by atoms with E-state index in [4.69, 9.17) is 0 Å². The number of aromatic nitrogens is 1. The van der Waals surface area contributed by atoms with E-state index in [1.54, 1.807) is 0 Å². The van der Waals surface area contributed by atoms with Gasteiger partial charge in [0.1, 0.15) is 0 Å². The summed E-state index contributed by atoms with van der Waals surface area (Å²) in [5.41, 5.74) is 4.36. The molecule has 2 nitrogen and oxygen atoms in total. The number of hydrogen-bond donors (Lipinski definition) is 0. The number of nitrogens with zero attached hydrogens (tertiary/aromatic N) is 2. The van der Waals surface area contributed by atoms with E-state index in [0.29, 0.717) is 0 Å².